The van der Waals surface area contributed by atoms with Gasteiger partial charge in [-0.05, 0) is 36.2 Å². The lowest BCUT2D eigenvalue weighted by Gasteiger charge is -2.18. The van der Waals surface area contributed by atoms with Crippen LogP contribution in [0.4, 0.5) is 5.82 Å². The summed E-state index contributed by atoms with van der Waals surface area (Å²) >= 11 is 0. The first-order valence-electron chi connectivity index (χ1n) is 7.61. The molecule has 0 aliphatic rings. The average molecular weight is 327 g/mol. The molecule has 0 saturated carbocycles. The van der Waals surface area contributed by atoms with Crippen LogP contribution in [0.3, 0.4) is 0 Å². The number of hydrogen-bond donors (Lipinski definition) is 2. The minimum atomic E-state index is -0.418. The Morgan fingerprint density at radius 3 is 2.42 bits per heavy atom. The number of nitrogens with one attached hydrogen (secondary N) is 2. The van der Waals surface area contributed by atoms with Crippen molar-refractivity contribution >= 4 is 17.6 Å². The number of aromatic nitrogens is 1. The number of benzene rings is 1. The Labute approximate surface area is 141 Å². The van der Waals surface area contributed by atoms with E-state index >= 15 is 0 Å². The highest BCUT2D eigenvalue weighted by molar-refractivity contribution is 5.90. The van der Waals surface area contributed by atoms with Crippen molar-refractivity contribution in [2.75, 3.05) is 12.4 Å². The second-order valence-electron chi connectivity index (χ2n) is 5.50. The molecule has 0 radical (unpaired) electrons. The van der Waals surface area contributed by atoms with Gasteiger partial charge in [-0.1, -0.05) is 18.2 Å². The molecule has 1 aromatic carbocycles. The standard InChI is InChI=1S/C18H21N3O3/c1-12-4-9-17(19-11-12)21-18(23)10-16(20-13(2)22)14-5-7-15(24-3)8-6-14/h4-9,11,16H,10H2,1-3H3,(H,20,22)(H,19,21,23). The van der Waals surface area contributed by atoms with Crippen molar-refractivity contribution in [2.45, 2.75) is 26.3 Å². The zero-order chi connectivity index (χ0) is 17.5. The molecular weight excluding hydrogens is 306 g/mol. The van der Waals surface area contributed by atoms with E-state index in [9.17, 15) is 9.59 Å². The monoisotopic (exact) mass is 327 g/mol. The summed E-state index contributed by atoms with van der Waals surface area (Å²) < 4.78 is 5.12. The molecule has 2 rings (SSSR count). The lowest BCUT2D eigenvalue weighted by molar-refractivity contribution is -0.120. The van der Waals surface area contributed by atoms with Crippen molar-refractivity contribution in [1.82, 2.24) is 10.3 Å². The highest BCUT2D eigenvalue weighted by atomic mass is 16.5. The minimum Gasteiger partial charge on any atom is -0.497 e. The van der Waals surface area contributed by atoms with Crippen LogP contribution in [-0.2, 0) is 9.59 Å². The van der Waals surface area contributed by atoms with E-state index in [1.807, 2.05) is 25.1 Å². The maximum Gasteiger partial charge on any atom is 0.227 e. The summed E-state index contributed by atoms with van der Waals surface area (Å²) in [6.45, 7) is 3.35. The SMILES string of the molecule is COc1ccc(C(CC(=O)Nc2ccc(C)cn2)NC(C)=O)cc1. The van der Waals surface area contributed by atoms with Gasteiger partial charge in [0.05, 0.1) is 19.6 Å². The van der Waals surface area contributed by atoms with E-state index in [1.54, 1.807) is 31.5 Å². The highest BCUT2D eigenvalue weighted by Gasteiger charge is 2.17. The largest absolute Gasteiger partial charge is 0.497 e. The van der Waals surface area contributed by atoms with Gasteiger partial charge in [-0.15, -0.1) is 0 Å². The number of aryl methyl sites for hydroxylation is 1. The first kappa shape index (κ1) is 17.5. The summed E-state index contributed by atoms with van der Waals surface area (Å²) in [7, 11) is 1.59. The smallest absolute Gasteiger partial charge is 0.227 e. The van der Waals surface area contributed by atoms with E-state index in [0.717, 1.165) is 11.1 Å². The number of pyridine rings is 1. The number of methoxy groups -OCH3 is 1. The lowest BCUT2D eigenvalue weighted by atomic mass is 10.0. The molecule has 1 atom stereocenters. The van der Waals surface area contributed by atoms with E-state index in [2.05, 4.69) is 15.6 Å². The number of ether oxygens (including phenoxy) is 1. The number of hydrogen-bond acceptors (Lipinski definition) is 4. The number of carbonyl (C=O) groups is 2. The molecule has 2 aromatic rings. The van der Waals surface area contributed by atoms with Crippen molar-refractivity contribution < 1.29 is 14.3 Å². The van der Waals surface area contributed by atoms with Crippen LogP contribution in [-0.4, -0.2) is 23.9 Å². The average Bonchev–Trinajstić information content (AvgIpc) is 2.56. The molecule has 1 heterocycles. The fourth-order valence-electron chi connectivity index (χ4n) is 2.25. The van der Waals surface area contributed by atoms with Crippen LogP contribution >= 0.6 is 0 Å². The fourth-order valence-corrected chi connectivity index (χ4v) is 2.25. The Balaban J connectivity index is 2.08. The zero-order valence-electron chi connectivity index (χ0n) is 14.0. The highest BCUT2D eigenvalue weighted by Crippen LogP contribution is 2.21. The molecule has 24 heavy (non-hydrogen) atoms. The molecule has 0 fully saturated rings. The predicted molar refractivity (Wildman–Crippen MR) is 91.8 cm³/mol. The maximum absolute atomic E-state index is 12.3. The Morgan fingerprint density at radius 1 is 1.17 bits per heavy atom. The number of carbonyl (C=O) groups excluding carboxylic acids is 2. The zero-order valence-corrected chi connectivity index (χ0v) is 14.0. The minimum absolute atomic E-state index is 0.113. The second-order valence-corrected chi connectivity index (χ2v) is 5.50. The molecule has 0 spiro atoms. The summed E-state index contributed by atoms with van der Waals surface area (Å²) in [5.41, 5.74) is 1.85. The first-order valence-corrected chi connectivity index (χ1v) is 7.61. The van der Waals surface area contributed by atoms with Gasteiger partial charge in [-0.2, -0.15) is 0 Å². The Bertz CT molecular complexity index is 696. The van der Waals surface area contributed by atoms with Crippen molar-refractivity contribution in [3.05, 3.63) is 53.7 Å². The van der Waals surface area contributed by atoms with Crippen LogP contribution in [0.15, 0.2) is 42.6 Å². The first-order chi connectivity index (χ1) is 11.5. The second kappa shape index (κ2) is 8.10. The van der Waals surface area contributed by atoms with E-state index in [4.69, 9.17) is 4.74 Å². The maximum atomic E-state index is 12.3. The molecule has 0 aliphatic carbocycles. The summed E-state index contributed by atoms with van der Waals surface area (Å²) in [6.07, 6.45) is 1.80. The Hall–Kier alpha value is -2.89. The van der Waals surface area contributed by atoms with Crippen molar-refractivity contribution in [3.63, 3.8) is 0 Å². The topological polar surface area (TPSA) is 80.3 Å². The molecule has 6 nitrogen and oxygen atoms in total. The van der Waals surface area contributed by atoms with Gasteiger partial charge in [0.2, 0.25) is 11.8 Å². The molecule has 0 bridgehead atoms. The van der Waals surface area contributed by atoms with E-state index in [0.29, 0.717) is 11.6 Å². The fraction of sp³-hybridized carbons (Fsp3) is 0.278. The molecule has 126 valence electrons. The molecule has 6 heteroatoms. The third-order valence-electron chi connectivity index (χ3n) is 3.46. The van der Waals surface area contributed by atoms with Crippen LogP contribution in [0.25, 0.3) is 0 Å². The molecule has 0 saturated heterocycles. The number of amides is 2. The van der Waals surface area contributed by atoms with Crippen LogP contribution in [0.2, 0.25) is 0 Å². The van der Waals surface area contributed by atoms with Gasteiger partial charge in [0.1, 0.15) is 11.6 Å². The van der Waals surface area contributed by atoms with E-state index < -0.39 is 6.04 Å². The summed E-state index contributed by atoms with van der Waals surface area (Å²) in [4.78, 5) is 27.9. The van der Waals surface area contributed by atoms with Gasteiger partial charge < -0.3 is 15.4 Å². The van der Waals surface area contributed by atoms with Crippen molar-refractivity contribution in [1.29, 1.82) is 0 Å². The number of anilines is 1. The third kappa shape index (κ3) is 5.08. The van der Waals surface area contributed by atoms with Gasteiger partial charge in [-0.25, -0.2) is 4.98 Å². The molecule has 1 unspecified atom stereocenters. The van der Waals surface area contributed by atoms with Crippen LogP contribution in [0, 0.1) is 6.92 Å². The van der Waals surface area contributed by atoms with Crippen molar-refractivity contribution in [2.24, 2.45) is 0 Å². The van der Waals surface area contributed by atoms with E-state index in [1.165, 1.54) is 6.92 Å². The molecule has 2 N–H and O–H groups in total. The van der Waals surface area contributed by atoms with Crippen molar-refractivity contribution in [3.8, 4) is 5.75 Å². The van der Waals surface area contributed by atoms with Crippen LogP contribution < -0.4 is 15.4 Å². The normalized spacial score (nSPS) is 11.5. The molecule has 2 amide bonds. The summed E-state index contributed by atoms with van der Waals surface area (Å²) in [6, 6.07) is 10.4. The molecular formula is C18H21N3O3. The van der Waals surface area contributed by atoms with Gasteiger partial charge in [0, 0.05) is 13.1 Å². The number of rotatable bonds is 6. The quantitative estimate of drug-likeness (QED) is 0.854. The Morgan fingerprint density at radius 2 is 1.88 bits per heavy atom. The van der Waals surface area contributed by atoms with Gasteiger partial charge in [-0.3, -0.25) is 9.59 Å². The number of nitrogens with zero attached hydrogens (tertiary/aromatic N) is 1. The van der Waals surface area contributed by atoms with Gasteiger partial charge >= 0.3 is 0 Å². The van der Waals surface area contributed by atoms with Crippen LogP contribution in [0.1, 0.15) is 30.5 Å². The molecule has 1 aromatic heterocycles. The molecule has 0 aliphatic heterocycles. The lowest BCUT2D eigenvalue weighted by Crippen LogP contribution is -2.29. The summed E-state index contributed by atoms with van der Waals surface area (Å²) in [5, 5.41) is 5.54. The predicted octanol–water partition coefficient (Wildman–Crippen LogP) is 2.60. The summed E-state index contributed by atoms with van der Waals surface area (Å²) in [5.74, 6) is 0.786. The van der Waals surface area contributed by atoms with Crippen LogP contribution in [0.5, 0.6) is 5.75 Å². The third-order valence-corrected chi connectivity index (χ3v) is 3.46. The van der Waals surface area contributed by atoms with E-state index in [-0.39, 0.29) is 18.2 Å². The van der Waals surface area contributed by atoms with Gasteiger partial charge in [0.25, 0.3) is 0 Å². The Kier molecular flexibility index (Phi) is 5.89. The van der Waals surface area contributed by atoms with Gasteiger partial charge in [0.15, 0.2) is 0 Å².